The number of benzene rings is 1. The van der Waals surface area contributed by atoms with Gasteiger partial charge in [-0.15, -0.1) is 0 Å². The van der Waals surface area contributed by atoms with Gasteiger partial charge in [-0.3, -0.25) is 4.98 Å². The fourth-order valence-corrected chi connectivity index (χ4v) is 2.08. The van der Waals surface area contributed by atoms with E-state index in [1.165, 1.54) is 12.4 Å². The summed E-state index contributed by atoms with van der Waals surface area (Å²) >= 11 is 27.9. The second-order valence-corrected chi connectivity index (χ2v) is 5.53. The molecule has 1 aromatic carbocycles. The first-order chi connectivity index (χ1) is 9.95. The molecular weight excluding hydrogens is 377 g/mol. The van der Waals surface area contributed by atoms with Crippen molar-refractivity contribution in [3.8, 4) is 0 Å². The van der Waals surface area contributed by atoms with Crippen LogP contribution < -0.4 is 0 Å². The van der Waals surface area contributed by atoms with Gasteiger partial charge >= 0.3 is 0 Å². The van der Waals surface area contributed by atoms with Gasteiger partial charge in [0.2, 0.25) is 0 Å². The maximum absolute atomic E-state index is 5.77. The number of hydrogen-bond donors (Lipinski definition) is 0. The van der Waals surface area contributed by atoms with Gasteiger partial charge in [0, 0.05) is 5.02 Å². The molecular formula is C12H5Cl5N4. The molecule has 3 rings (SSSR count). The highest BCUT2D eigenvalue weighted by Gasteiger charge is 2.04. The highest BCUT2D eigenvalue weighted by molar-refractivity contribution is 6.40. The van der Waals surface area contributed by atoms with Crippen molar-refractivity contribution in [2.75, 3.05) is 0 Å². The van der Waals surface area contributed by atoms with E-state index in [1.54, 1.807) is 18.2 Å². The molecule has 0 aliphatic heterocycles. The van der Waals surface area contributed by atoms with Gasteiger partial charge in [0.15, 0.2) is 10.3 Å². The lowest BCUT2D eigenvalue weighted by molar-refractivity contribution is 1.20. The van der Waals surface area contributed by atoms with Crippen molar-refractivity contribution in [2.45, 2.75) is 0 Å². The quantitative estimate of drug-likeness (QED) is 0.524. The summed E-state index contributed by atoms with van der Waals surface area (Å²) in [6.45, 7) is 0. The Bertz CT molecular complexity index is 763. The van der Waals surface area contributed by atoms with Crippen molar-refractivity contribution in [1.82, 2.24) is 19.9 Å². The van der Waals surface area contributed by atoms with E-state index in [9.17, 15) is 0 Å². The standard InChI is InChI=1S/C8H3Cl3N2.C4H2Cl2N2/c9-4-1-2-5-6(3-4)13-8(11)7(10)12-5;5-3-1-7-2-4(6)8-3/h1-3H;1-2H. The average molecular weight is 382 g/mol. The Morgan fingerprint density at radius 2 is 1.24 bits per heavy atom. The summed E-state index contributed by atoms with van der Waals surface area (Å²) in [6.07, 6.45) is 2.85. The molecule has 2 heterocycles. The summed E-state index contributed by atoms with van der Waals surface area (Å²) in [5, 5.41) is 1.63. The Balaban J connectivity index is 0.000000173. The Hall–Kier alpha value is -0.910. The van der Waals surface area contributed by atoms with Crippen LogP contribution in [0.1, 0.15) is 0 Å². The Labute approximate surface area is 145 Å². The van der Waals surface area contributed by atoms with E-state index < -0.39 is 0 Å². The van der Waals surface area contributed by atoms with Crippen LogP contribution in [0, 0.1) is 0 Å². The Kier molecular flexibility index (Phi) is 5.79. The molecule has 0 spiro atoms. The third-order valence-corrected chi connectivity index (χ3v) is 3.34. The van der Waals surface area contributed by atoms with Crippen LogP contribution in [0.15, 0.2) is 30.6 Å². The van der Waals surface area contributed by atoms with Crippen LogP contribution in [0.5, 0.6) is 0 Å². The van der Waals surface area contributed by atoms with Crippen LogP contribution >= 0.6 is 58.0 Å². The van der Waals surface area contributed by atoms with E-state index in [0.717, 1.165) is 0 Å². The zero-order valence-electron chi connectivity index (χ0n) is 10.1. The predicted octanol–water partition coefficient (Wildman–Crippen LogP) is 5.37. The zero-order chi connectivity index (χ0) is 15.4. The van der Waals surface area contributed by atoms with Gasteiger partial charge in [0.25, 0.3) is 0 Å². The Morgan fingerprint density at radius 1 is 0.667 bits per heavy atom. The second kappa shape index (κ2) is 7.38. The van der Waals surface area contributed by atoms with Crippen LogP contribution in [0.3, 0.4) is 0 Å². The number of hydrogen-bond acceptors (Lipinski definition) is 4. The maximum Gasteiger partial charge on any atom is 0.167 e. The molecule has 0 aliphatic carbocycles. The van der Waals surface area contributed by atoms with Crippen molar-refractivity contribution in [3.05, 3.63) is 56.2 Å². The van der Waals surface area contributed by atoms with Crippen molar-refractivity contribution < 1.29 is 0 Å². The molecule has 0 bridgehead atoms. The molecule has 9 heteroatoms. The zero-order valence-corrected chi connectivity index (χ0v) is 13.8. The van der Waals surface area contributed by atoms with Crippen molar-refractivity contribution >= 4 is 69.0 Å². The number of nitrogens with zero attached hydrogens (tertiary/aromatic N) is 4. The lowest BCUT2D eigenvalue weighted by Crippen LogP contribution is -1.86. The van der Waals surface area contributed by atoms with Crippen LogP contribution in [-0.2, 0) is 0 Å². The summed E-state index contributed by atoms with van der Waals surface area (Å²) in [6, 6.07) is 5.15. The SMILES string of the molecule is Clc1ccc2nc(Cl)c(Cl)nc2c1.Clc1cncc(Cl)n1. The summed E-state index contributed by atoms with van der Waals surface area (Å²) in [7, 11) is 0. The average Bonchev–Trinajstić information content (AvgIpc) is 2.41. The molecule has 3 aromatic rings. The molecule has 0 unspecified atom stereocenters. The topological polar surface area (TPSA) is 51.6 Å². The fourth-order valence-electron chi connectivity index (χ4n) is 1.30. The molecule has 0 aliphatic rings. The van der Waals surface area contributed by atoms with E-state index >= 15 is 0 Å². The van der Waals surface area contributed by atoms with Gasteiger partial charge in [0.1, 0.15) is 10.3 Å². The first-order valence-corrected chi connectivity index (χ1v) is 7.26. The van der Waals surface area contributed by atoms with E-state index in [2.05, 4.69) is 19.9 Å². The molecule has 4 nitrogen and oxygen atoms in total. The maximum atomic E-state index is 5.77. The molecule has 2 aromatic heterocycles. The number of halogens is 5. The summed E-state index contributed by atoms with van der Waals surface area (Å²) < 4.78 is 0. The van der Waals surface area contributed by atoms with Crippen LogP contribution in [-0.4, -0.2) is 19.9 Å². The van der Waals surface area contributed by atoms with Crippen LogP contribution in [0.25, 0.3) is 11.0 Å². The molecule has 21 heavy (non-hydrogen) atoms. The number of fused-ring (bicyclic) bond motifs is 1. The van der Waals surface area contributed by atoms with Crippen molar-refractivity contribution in [2.24, 2.45) is 0 Å². The first kappa shape index (κ1) is 16.5. The van der Waals surface area contributed by atoms with Crippen LogP contribution in [0.4, 0.5) is 0 Å². The van der Waals surface area contributed by atoms with Gasteiger partial charge in [-0.05, 0) is 18.2 Å². The van der Waals surface area contributed by atoms with Gasteiger partial charge in [-0.25, -0.2) is 15.0 Å². The lowest BCUT2D eigenvalue weighted by Gasteiger charge is -1.98. The minimum Gasteiger partial charge on any atom is -0.258 e. The monoisotopic (exact) mass is 380 g/mol. The highest BCUT2D eigenvalue weighted by atomic mass is 35.5. The Morgan fingerprint density at radius 3 is 1.76 bits per heavy atom. The predicted molar refractivity (Wildman–Crippen MR) is 86.6 cm³/mol. The van der Waals surface area contributed by atoms with Crippen molar-refractivity contribution in [1.29, 1.82) is 0 Å². The van der Waals surface area contributed by atoms with Gasteiger partial charge in [-0.1, -0.05) is 58.0 Å². The molecule has 0 saturated heterocycles. The van der Waals surface area contributed by atoms with E-state index in [1.807, 2.05) is 0 Å². The second-order valence-electron chi connectivity index (χ2n) is 3.60. The molecule has 0 saturated carbocycles. The molecule has 0 atom stereocenters. The minimum absolute atomic E-state index is 0.191. The normalized spacial score (nSPS) is 10.1. The third kappa shape index (κ3) is 4.80. The number of rotatable bonds is 0. The lowest BCUT2D eigenvalue weighted by atomic mass is 10.3. The molecule has 0 N–H and O–H groups in total. The largest absolute Gasteiger partial charge is 0.258 e. The highest BCUT2D eigenvalue weighted by Crippen LogP contribution is 2.22. The van der Waals surface area contributed by atoms with Gasteiger partial charge < -0.3 is 0 Å². The molecule has 108 valence electrons. The minimum atomic E-state index is 0.191. The summed E-state index contributed by atoms with van der Waals surface area (Å²) in [4.78, 5) is 15.4. The van der Waals surface area contributed by atoms with Gasteiger partial charge in [-0.2, -0.15) is 0 Å². The summed E-state index contributed by atoms with van der Waals surface area (Å²) in [5.74, 6) is 0. The fraction of sp³-hybridized carbons (Fsp3) is 0. The summed E-state index contributed by atoms with van der Waals surface area (Å²) in [5.41, 5.74) is 1.32. The van der Waals surface area contributed by atoms with E-state index in [4.69, 9.17) is 58.0 Å². The van der Waals surface area contributed by atoms with Gasteiger partial charge in [0.05, 0.1) is 23.4 Å². The number of aromatic nitrogens is 4. The molecule has 0 fully saturated rings. The first-order valence-electron chi connectivity index (χ1n) is 5.37. The van der Waals surface area contributed by atoms with E-state index in [-0.39, 0.29) is 10.3 Å². The third-order valence-electron chi connectivity index (χ3n) is 2.12. The van der Waals surface area contributed by atoms with Crippen molar-refractivity contribution in [3.63, 3.8) is 0 Å². The van der Waals surface area contributed by atoms with E-state index in [0.29, 0.717) is 26.4 Å². The molecule has 0 amide bonds. The smallest absolute Gasteiger partial charge is 0.167 e. The molecule has 0 radical (unpaired) electrons. The van der Waals surface area contributed by atoms with Crippen LogP contribution in [0.2, 0.25) is 25.6 Å².